The van der Waals surface area contributed by atoms with Gasteiger partial charge in [-0.25, -0.2) is 0 Å². The zero-order valence-corrected chi connectivity index (χ0v) is 19.0. The fraction of sp³-hybridized carbons (Fsp3) is 0.0303. The van der Waals surface area contributed by atoms with Gasteiger partial charge in [0.25, 0.3) is 0 Å². The molecular weight excluding hydrogens is 410 g/mol. The third-order valence-electron chi connectivity index (χ3n) is 7.16. The summed E-state index contributed by atoms with van der Waals surface area (Å²) in [4.78, 5) is 0. The molecule has 0 amide bonds. The molecule has 0 spiro atoms. The van der Waals surface area contributed by atoms with Gasteiger partial charge in [0.1, 0.15) is 0 Å². The maximum absolute atomic E-state index is 2.40. The minimum absolute atomic E-state index is 1.25. The summed E-state index contributed by atoms with van der Waals surface area (Å²) in [6.45, 7) is 0. The van der Waals surface area contributed by atoms with Crippen molar-refractivity contribution < 1.29 is 0 Å². The lowest BCUT2D eigenvalue weighted by Crippen LogP contribution is -1.91. The van der Waals surface area contributed by atoms with Gasteiger partial charge in [-0.2, -0.15) is 0 Å². The predicted octanol–water partition coefficient (Wildman–Crippen LogP) is 8.97. The molecule has 0 fully saturated rings. The highest BCUT2D eigenvalue weighted by Crippen LogP contribution is 2.43. The number of benzene rings is 6. The predicted molar refractivity (Wildman–Crippen MR) is 146 cm³/mol. The van der Waals surface area contributed by atoms with E-state index in [4.69, 9.17) is 0 Å². The Hall–Kier alpha value is -4.36. The number of hydrogen-bond donors (Lipinski definition) is 0. The number of hydrogen-bond acceptors (Lipinski definition) is 0. The summed E-state index contributed by atoms with van der Waals surface area (Å²) in [5, 5.41) is 7.78. The van der Waals surface area contributed by atoms with E-state index in [1.807, 2.05) is 0 Å². The molecule has 1 heterocycles. The number of aromatic nitrogens is 1. The van der Waals surface area contributed by atoms with Crippen LogP contribution in [0.2, 0.25) is 0 Å². The molecule has 160 valence electrons. The van der Waals surface area contributed by atoms with Gasteiger partial charge in [0.15, 0.2) is 0 Å². The fourth-order valence-corrected chi connectivity index (χ4v) is 5.68. The van der Waals surface area contributed by atoms with E-state index in [0.717, 1.165) is 0 Å². The highest BCUT2D eigenvalue weighted by atomic mass is 14.9. The summed E-state index contributed by atoms with van der Waals surface area (Å²) in [5.41, 5.74) is 7.65. The van der Waals surface area contributed by atoms with E-state index in [2.05, 4.69) is 133 Å². The smallest absolute Gasteiger partial charge is 0.0569 e. The summed E-state index contributed by atoms with van der Waals surface area (Å²) in [5.74, 6) is 0. The van der Waals surface area contributed by atoms with Crippen molar-refractivity contribution in [2.45, 2.75) is 0 Å². The average molecular weight is 434 g/mol. The number of rotatable bonds is 2. The topological polar surface area (TPSA) is 4.93 Å². The van der Waals surface area contributed by atoms with E-state index in [1.165, 1.54) is 65.6 Å². The Morgan fingerprint density at radius 3 is 1.15 bits per heavy atom. The number of nitrogens with zero attached hydrogens (tertiary/aromatic N) is 1. The molecule has 1 nitrogen and oxygen atoms in total. The first-order valence-corrected chi connectivity index (χ1v) is 11.8. The monoisotopic (exact) mass is 433 g/mol. The Bertz CT molecular complexity index is 1700. The Morgan fingerprint density at radius 1 is 0.382 bits per heavy atom. The second-order valence-corrected chi connectivity index (χ2v) is 9.02. The maximum Gasteiger partial charge on any atom is 0.0569 e. The van der Waals surface area contributed by atoms with E-state index in [-0.39, 0.29) is 0 Å². The Kier molecular flexibility index (Phi) is 4.13. The van der Waals surface area contributed by atoms with E-state index in [0.29, 0.717) is 0 Å². The molecular formula is C33H23N. The van der Waals surface area contributed by atoms with Crippen LogP contribution in [0.5, 0.6) is 0 Å². The van der Waals surface area contributed by atoms with Crippen LogP contribution in [0.25, 0.3) is 65.6 Å². The molecule has 6 aromatic carbocycles. The second-order valence-electron chi connectivity index (χ2n) is 9.02. The quantitative estimate of drug-likeness (QED) is 0.256. The van der Waals surface area contributed by atoms with Crippen LogP contribution < -0.4 is 0 Å². The van der Waals surface area contributed by atoms with E-state index in [1.54, 1.807) is 0 Å². The summed E-state index contributed by atoms with van der Waals surface area (Å²) in [6, 6.07) is 43.9. The van der Waals surface area contributed by atoms with Crippen molar-refractivity contribution in [1.82, 2.24) is 4.57 Å². The molecule has 0 unspecified atom stereocenters. The normalized spacial score (nSPS) is 11.7. The van der Waals surface area contributed by atoms with Crippen molar-refractivity contribution >= 4 is 43.4 Å². The zero-order valence-electron chi connectivity index (χ0n) is 19.0. The minimum atomic E-state index is 1.25. The van der Waals surface area contributed by atoms with E-state index >= 15 is 0 Å². The highest BCUT2D eigenvalue weighted by Gasteiger charge is 2.18. The molecule has 0 saturated heterocycles. The van der Waals surface area contributed by atoms with Gasteiger partial charge < -0.3 is 4.57 Å². The molecule has 0 N–H and O–H groups in total. The van der Waals surface area contributed by atoms with Crippen LogP contribution in [-0.2, 0) is 7.05 Å². The maximum atomic E-state index is 2.40. The summed E-state index contributed by atoms with van der Waals surface area (Å²) in [6.07, 6.45) is 0. The van der Waals surface area contributed by atoms with Crippen molar-refractivity contribution in [1.29, 1.82) is 0 Å². The van der Waals surface area contributed by atoms with Gasteiger partial charge in [0, 0.05) is 28.6 Å². The van der Waals surface area contributed by atoms with Gasteiger partial charge in [-0.3, -0.25) is 0 Å². The summed E-state index contributed by atoms with van der Waals surface area (Å²) >= 11 is 0. The van der Waals surface area contributed by atoms with Gasteiger partial charge in [-0.1, -0.05) is 109 Å². The standard InChI is InChI=1S/C33H23N/c1-34-32-26-18-10-8-16-24(26)28(22-12-4-2-5-13-22)20-30(32)31-21-29(23-14-6-3-7-15-23)25-17-9-11-19-27(25)33(31)34/h2-21H,1H3. The van der Waals surface area contributed by atoms with Crippen LogP contribution in [-0.4, -0.2) is 4.57 Å². The van der Waals surface area contributed by atoms with Crippen LogP contribution in [0.1, 0.15) is 0 Å². The van der Waals surface area contributed by atoms with Crippen molar-refractivity contribution in [3.8, 4) is 22.3 Å². The molecule has 34 heavy (non-hydrogen) atoms. The van der Waals surface area contributed by atoms with Gasteiger partial charge in [-0.05, 0) is 45.2 Å². The molecule has 1 aromatic heterocycles. The Morgan fingerprint density at radius 2 is 0.735 bits per heavy atom. The molecule has 0 aliphatic carbocycles. The molecule has 0 bridgehead atoms. The molecule has 0 aliphatic heterocycles. The molecule has 0 atom stereocenters. The molecule has 7 rings (SSSR count). The van der Waals surface area contributed by atoms with Gasteiger partial charge >= 0.3 is 0 Å². The van der Waals surface area contributed by atoms with Gasteiger partial charge in [0.05, 0.1) is 11.0 Å². The van der Waals surface area contributed by atoms with Crippen LogP contribution in [0, 0.1) is 0 Å². The first-order chi connectivity index (χ1) is 16.8. The van der Waals surface area contributed by atoms with Crippen molar-refractivity contribution in [3.63, 3.8) is 0 Å². The Balaban J connectivity index is 1.72. The van der Waals surface area contributed by atoms with Gasteiger partial charge in [-0.15, -0.1) is 0 Å². The van der Waals surface area contributed by atoms with E-state index < -0.39 is 0 Å². The van der Waals surface area contributed by atoms with Crippen LogP contribution in [0.3, 0.4) is 0 Å². The molecule has 1 heteroatoms. The van der Waals surface area contributed by atoms with Crippen LogP contribution >= 0.6 is 0 Å². The molecule has 7 aromatic rings. The zero-order chi connectivity index (χ0) is 22.6. The van der Waals surface area contributed by atoms with Crippen molar-refractivity contribution in [3.05, 3.63) is 121 Å². The third kappa shape index (κ3) is 2.67. The molecule has 0 radical (unpaired) electrons. The SMILES string of the molecule is Cn1c2c3ccccc3c(-c3ccccc3)cc2c2cc(-c3ccccc3)c3ccccc3c21. The lowest BCUT2D eigenvalue weighted by molar-refractivity contribution is 1.02. The second kappa shape index (κ2) is 7.33. The van der Waals surface area contributed by atoms with Gasteiger partial charge in [0.2, 0.25) is 0 Å². The number of aryl methyl sites for hydroxylation is 1. The number of fused-ring (bicyclic) bond motifs is 7. The summed E-state index contributed by atoms with van der Waals surface area (Å²) < 4.78 is 2.40. The minimum Gasteiger partial charge on any atom is -0.343 e. The van der Waals surface area contributed by atoms with Crippen molar-refractivity contribution in [2.75, 3.05) is 0 Å². The Labute approximate surface area is 198 Å². The highest BCUT2D eigenvalue weighted by molar-refractivity contribution is 6.27. The van der Waals surface area contributed by atoms with Crippen LogP contribution in [0.15, 0.2) is 121 Å². The van der Waals surface area contributed by atoms with Crippen LogP contribution in [0.4, 0.5) is 0 Å². The third-order valence-corrected chi connectivity index (χ3v) is 7.16. The largest absolute Gasteiger partial charge is 0.343 e. The lowest BCUT2D eigenvalue weighted by Gasteiger charge is -2.10. The summed E-state index contributed by atoms with van der Waals surface area (Å²) in [7, 11) is 2.22. The molecule has 0 aliphatic rings. The van der Waals surface area contributed by atoms with E-state index in [9.17, 15) is 0 Å². The lowest BCUT2D eigenvalue weighted by atomic mass is 9.93. The molecule has 0 saturated carbocycles. The first-order valence-electron chi connectivity index (χ1n) is 11.8. The first kappa shape index (κ1) is 19.1. The van der Waals surface area contributed by atoms with Crippen molar-refractivity contribution in [2.24, 2.45) is 7.05 Å². The fourth-order valence-electron chi connectivity index (χ4n) is 5.68. The average Bonchev–Trinajstić information content (AvgIpc) is 3.20.